The van der Waals surface area contributed by atoms with E-state index < -0.39 is 18.6 Å². The van der Waals surface area contributed by atoms with Crippen molar-refractivity contribution in [1.29, 1.82) is 0 Å². The van der Waals surface area contributed by atoms with Gasteiger partial charge in [0.2, 0.25) is 0 Å². The van der Waals surface area contributed by atoms with E-state index in [0.29, 0.717) is 23.2 Å². The van der Waals surface area contributed by atoms with Gasteiger partial charge in [0.15, 0.2) is 6.29 Å². The van der Waals surface area contributed by atoms with Crippen molar-refractivity contribution in [2.45, 2.75) is 39.4 Å². The van der Waals surface area contributed by atoms with E-state index in [4.69, 9.17) is 0 Å². The van der Waals surface area contributed by atoms with Crippen LogP contribution in [0.1, 0.15) is 41.1 Å². The normalized spacial score (nSPS) is 13.9. The number of nitrogens with zero attached hydrogens (tertiary/aromatic N) is 1. The van der Waals surface area contributed by atoms with Crippen LogP contribution in [0.3, 0.4) is 0 Å². The molecule has 0 spiro atoms. The quantitative estimate of drug-likeness (QED) is 0.733. The first-order valence-corrected chi connectivity index (χ1v) is 4.96. The first-order valence-electron chi connectivity index (χ1n) is 4.96. The lowest BCUT2D eigenvalue weighted by Gasteiger charge is -2.19. The zero-order valence-electron chi connectivity index (χ0n) is 9.43. The molecule has 1 unspecified atom stereocenters. The van der Waals surface area contributed by atoms with Crippen molar-refractivity contribution in [2.75, 3.05) is 0 Å². The van der Waals surface area contributed by atoms with Gasteiger partial charge in [-0.05, 0) is 26.8 Å². The summed E-state index contributed by atoms with van der Waals surface area (Å²) >= 11 is 0. The fraction of sp³-hybridized carbons (Fsp3) is 0.545. The van der Waals surface area contributed by atoms with Crippen molar-refractivity contribution in [1.82, 2.24) is 4.57 Å². The third-order valence-corrected chi connectivity index (χ3v) is 2.62. The van der Waals surface area contributed by atoms with E-state index in [-0.39, 0.29) is 0 Å². The Balaban J connectivity index is 3.04. The lowest BCUT2D eigenvalue weighted by molar-refractivity contribution is -0.141. The molecule has 16 heavy (non-hydrogen) atoms. The number of carbonyl (C=O) groups is 1. The molecule has 1 aromatic heterocycles. The molecule has 0 aliphatic rings. The van der Waals surface area contributed by atoms with Crippen molar-refractivity contribution < 1.29 is 18.0 Å². The maximum atomic E-state index is 12.3. The molecule has 0 amide bonds. The molecule has 0 aliphatic heterocycles. The van der Waals surface area contributed by atoms with E-state index in [1.165, 1.54) is 6.92 Å². The first-order chi connectivity index (χ1) is 7.26. The molecule has 0 bridgehead atoms. The Kier molecular flexibility index (Phi) is 3.45. The van der Waals surface area contributed by atoms with Crippen molar-refractivity contribution in [3.05, 3.63) is 23.0 Å². The minimum Gasteiger partial charge on any atom is -0.345 e. The molecule has 0 saturated carbocycles. The van der Waals surface area contributed by atoms with Crippen LogP contribution in [0.2, 0.25) is 0 Å². The van der Waals surface area contributed by atoms with Crippen molar-refractivity contribution >= 4 is 6.29 Å². The van der Waals surface area contributed by atoms with Gasteiger partial charge in [-0.3, -0.25) is 4.79 Å². The van der Waals surface area contributed by atoms with Crippen LogP contribution >= 0.6 is 0 Å². The minimum atomic E-state index is -4.19. The van der Waals surface area contributed by atoms with E-state index in [2.05, 4.69) is 0 Å². The summed E-state index contributed by atoms with van der Waals surface area (Å²) in [7, 11) is 0. The summed E-state index contributed by atoms with van der Waals surface area (Å²) in [5, 5.41) is 0. The highest BCUT2D eigenvalue weighted by molar-refractivity contribution is 5.77. The second kappa shape index (κ2) is 4.31. The molecule has 0 aromatic carbocycles. The lowest BCUT2D eigenvalue weighted by Crippen LogP contribution is -2.18. The first kappa shape index (κ1) is 12.8. The van der Waals surface area contributed by atoms with Crippen LogP contribution in [0.25, 0.3) is 0 Å². The van der Waals surface area contributed by atoms with Crippen LogP contribution in [0.4, 0.5) is 13.2 Å². The fourth-order valence-electron chi connectivity index (χ4n) is 2.03. The number of aryl methyl sites for hydroxylation is 1. The molecule has 0 aliphatic carbocycles. The number of aldehydes is 1. The van der Waals surface area contributed by atoms with Crippen LogP contribution in [0, 0.1) is 13.8 Å². The third-order valence-electron chi connectivity index (χ3n) is 2.62. The number of halogens is 3. The van der Waals surface area contributed by atoms with Gasteiger partial charge in [0.1, 0.15) is 0 Å². The average molecular weight is 233 g/mol. The molecule has 0 fully saturated rings. The molecule has 1 rings (SSSR count). The number of rotatable bonds is 3. The number of aromatic nitrogens is 1. The standard InChI is InChI=1S/C11H14F3NO/c1-7-4-10(6-16)9(3)15(7)8(2)5-11(12,13)14/h4,6,8H,5H2,1-3H3. The zero-order chi connectivity index (χ0) is 12.5. The van der Waals surface area contributed by atoms with Gasteiger partial charge < -0.3 is 4.57 Å². The Morgan fingerprint density at radius 1 is 1.44 bits per heavy atom. The molecule has 0 N–H and O–H groups in total. The van der Waals surface area contributed by atoms with Gasteiger partial charge in [0.05, 0.1) is 6.42 Å². The van der Waals surface area contributed by atoms with E-state index in [1.54, 1.807) is 24.5 Å². The third kappa shape index (κ3) is 2.65. The summed E-state index contributed by atoms with van der Waals surface area (Å²) in [6.07, 6.45) is -4.41. The van der Waals surface area contributed by atoms with Crippen LogP contribution < -0.4 is 0 Å². The Labute approximate surface area is 92.1 Å². The van der Waals surface area contributed by atoms with Crippen LogP contribution in [-0.4, -0.2) is 17.0 Å². The summed E-state index contributed by atoms with van der Waals surface area (Å²) in [6.45, 7) is 4.86. The summed E-state index contributed by atoms with van der Waals surface area (Å²) in [6, 6.07) is 0.920. The van der Waals surface area contributed by atoms with Crippen LogP contribution in [0.5, 0.6) is 0 Å². The predicted octanol–water partition coefficient (Wildman–Crippen LogP) is 3.43. The maximum absolute atomic E-state index is 12.3. The molecule has 1 atom stereocenters. The number of hydrogen-bond donors (Lipinski definition) is 0. The monoisotopic (exact) mass is 233 g/mol. The molecule has 90 valence electrons. The van der Waals surface area contributed by atoms with Gasteiger partial charge >= 0.3 is 6.18 Å². The van der Waals surface area contributed by atoms with Gasteiger partial charge in [-0.1, -0.05) is 0 Å². The fourth-order valence-corrected chi connectivity index (χ4v) is 2.03. The van der Waals surface area contributed by atoms with E-state index >= 15 is 0 Å². The summed E-state index contributed by atoms with van der Waals surface area (Å²) in [5.41, 5.74) is 1.71. The number of alkyl halides is 3. The van der Waals surface area contributed by atoms with Crippen LogP contribution in [-0.2, 0) is 0 Å². The van der Waals surface area contributed by atoms with Crippen molar-refractivity contribution in [3.8, 4) is 0 Å². The summed E-state index contributed by atoms with van der Waals surface area (Å²) in [5.74, 6) is 0. The highest BCUT2D eigenvalue weighted by Crippen LogP contribution is 2.30. The van der Waals surface area contributed by atoms with E-state index in [1.807, 2.05) is 0 Å². The molecule has 1 aromatic rings. The Morgan fingerprint density at radius 3 is 2.38 bits per heavy atom. The SMILES string of the molecule is Cc1cc(C=O)c(C)n1C(C)CC(F)(F)F. The highest BCUT2D eigenvalue weighted by atomic mass is 19.4. The average Bonchev–Trinajstić information content (AvgIpc) is 2.38. The van der Waals surface area contributed by atoms with E-state index in [0.717, 1.165) is 0 Å². The second-order valence-corrected chi connectivity index (χ2v) is 3.98. The van der Waals surface area contributed by atoms with Gasteiger partial charge in [-0.2, -0.15) is 13.2 Å². The molecule has 0 saturated heterocycles. The van der Waals surface area contributed by atoms with Gasteiger partial charge in [-0.15, -0.1) is 0 Å². The largest absolute Gasteiger partial charge is 0.391 e. The van der Waals surface area contributed by atoms with Crippen molar-refractivity contribution in [3.63, 3.8) is 0 Å². The molecule has 5 heteroatoms. The second-order valence-electron chi connectivity index (χ2n) is 3.98. The summed E-state index contributed by atoms with van der Waals surface area (Å²) in [4.78, 5) is 10.7. The van der Waals surface area contributed by atoms with Crippen LogP contribution in [0.15, 0.2) is 6.07 Å². The minimum absolute atomic E-state index is 0.450. The highest BCUT2D eigenvalue weighted by Gasteiger charge is 2.31. The predicted molar refractivity (Wildman–Crippen MR) is 54.7 cm³/mol. The Hall–Kier alpha value is -1.26. The van der Waals surface area contributed by atoms with Gasteiger partial charge in [-0.25, -0.2) is 0 Å². The van der Waals surface area contributed by atoms with E-state index in [9.17, 15) is 18.0 Å². The topological polar surface area (TPSA) is 22.0 Å². The zero-order valence-corrected chi connectivity index (χ0v) is 9.43. The summed E-state index contributed by atoms with van der Waals surface area (Å²) < 4.78 is 38.3. The van der Waals surface area contributed by atoms with Crippen molar-refractivity contribution in [2.24, 2.45) is 0 Å². The molecule has 2 nitrogen and oxygen atoms in total. The lowest BCUT2D eigenvalue weighted by atomic mass is 10.2. The molecular formula is C11H14F3NO. The molecule has 1 heterocycles. The van der Waals surface area contributed by atoms with Gasteiger partial charge in [0, 0.05) is 23.0 Å². The van der Waals surface area contributed by atoms with Gasteiger partial charge in [0.25, 0.3) is 0 Å². The smallest absolute Gasteiger partial charge is 0.345 e. The number of carbonyl (C=O) groups excluding carboxylic acids is 1. The Bertz CT molecular complexity index is 393. The Morgan fingerprint density at radius 2 is 2.00 bits per heavy atom. The number of hydrogen-bond acceptors (Lipinski definition) is 1. The molecule has 0 radical (unpaired) electrons. The maximum Gasteiger partial charge on any atom is 0.391 e. The molecular weight excluding hydrogens is 219 g/mol.